The van der Waals surface area contributed by atoms with Gasteiger partial charge in [0.1, 0.15) is 11.1 Å². The number of aromatic hydroxyl groups is 1. The van der Waals surface area contributed by atoms with Crippen LogP contribution < -0.4 is 0 Å². The van der Waals surface area contributed by atoms with Gasteiger partial charge in [-0.1, -0.05) is 25.1 Å². The van der Waals surface area contributed by atoms with Crippen LogP contribution in [0.25, 0.3) is 11.0 Å². The fourth-order valence-corrected chi connectivity index (χ4v) is 1.65. The summed E-state index contributed by atoms with van der Waals surface area (Å²) in [6, 6.07) is 7.14. The second-order valence-electron chi connectivity index (χ2n) is 3.45. The first-order valence-corrected chi connectivity index (χ1v) is 4.97. The van der Waals surface area contributed by atoms with Crippen molar-refractivity contribution in [2.45, 2.75) is 19.8 Å². The van der Waals surface area contributed by atoms with Gasteiger partial charge in [0, 0.05) is 41.4 Å². The number of carbonyl (C=O) groups is 1. The third kappa shape index (κ3) is 2.32. The molecule has 0 aliphatic rings. The number of carbonyl (C=O) groups excluding carboxylic acids is 1. The van der Waals surface area contributed by atoms with E-state index in [2.05, 4.69) is 0 Å². The van der Waals surface area contributed by atoms with Gasteiger partial charge in [-0.3, -0.25) is 4.79 Å². The molecule has 1 radical (unpaired) electrons. The molecule has 0 atom stereocenters. The Kier molecular flexibility index (Phi) is 4.59. The molecule has 0 aliphatic carbocycles. The molecule has 2 aromatic rings. The molecule has 0 unspecified atom stereocenters. The molecule has 1 aromatic heterocycles. The average molecular weight is 227 g/mol. The molecule has 0 saturated carbocycles. The van der Waals surface area contributed by atoms with E-state index in [0.717, 1.165) is 6.42 Å². The zero-order valence-corrected chi connectivity index (χ0v) is 11.5. The van der Waals surface area contributed by atoms with E-state index in [1.54, 1.807) is 18.2 Å². The standard InChI is InChI=1S/C12H12O3.Na/c1-2-5-9(13)11-8-6-3-4-7-10(8)15-12(11)14;/h3-4,6-7,14H,2,5H2,1H3;. The van der Waals surface area contributed by atoms with Gasteiger partial charge in [0.05, 0.1) is 0 Å². The summed E-state index contributed by atoms with van der Waals surface area (Å²) in [5.41, 5.74) is 0.863. The molecule has 0 fully saturated rings. The van der Waals surface area contributed by atoms with Crippen molar-refractivity contribution < 1.29 is 14.3 Å². The summed E-state index contributed by atoms with van der Waals surface area (Å²) >= 11 is 0. The molecular weight excluding hydrogens is 215 g/mol. The van der Waals surface area contributed by atoms with E-state index in [1.807, 2.05) is 13.0 Å². The molecule has 1 heterocycles. The van der Waals surface area contributed by atoms with E-state index in [1.165, 1.54) is 0 Å². The van der Waals surface area contributed by atoms with Gasteiger partial charge in [-0.25, -0.2) is 0 Å². The van der Waals surface area contributed by atoms with Crippen molar-refractivity contribution in [3.8, 4) is 5.95 Å². The molecule has 0 bridgehead atoms. The van der Waals surface area contributed by atoms with E-state index in [4.69, 9.17) is 4.42 Å². The van der Waals surface area contributed by atoms with Crippen molar-refractivity contribution in [2.24, 2.45) is 0 Å². The van der Waals surface area contributed by atoms with Crippen LogP contribution in [-0.4, -0.2) is 40.4 Å². The predicted octanol–water partition coefficient (Wildman–Crippen LogP) is 2.74. The van der Waals surface area contributed by atoms with Crippen molar-refractivity contribution in [1.29, 1.82) is 0 Å². The molecule has 16 heavy (non-hydrogen) atoms. The molecule has 0 spiro atoms. The molecule has 79 valence electrons. The van der Waals surface area contributed by atoms with Crippen LogP contribution in [0.4, 0.5) is 0 Å². The van der Waals surface area contributed by atoms with E-state index in [9.17, 15) is 9.90 Å². The largest absolute Gasteiger partial charge is 0.480 e. The second-order valence-corrected chi connectivity index (χ2v) is 3.45. The summed E-state index contributed by atoms with van der Waals surface area (Å²) in [5.74, 6) is -0.338. The van der Waals surface area contributed by atoms with Crippen molar-refractivity contribution in [3.05, 3.63) is 29.8 Å². The van der Waals surface area contributed by atoms with Crippen LogP contribution in [0.2, 0.25) is 0 Å². The molecular formula is C12H12NaO3. The van der Waals surface area contributed by atoms with Gasteiger partial charge in [0.2, 0.25) is 0 Å². The minimum atomic E-state index is -0.269. The first kappa shape index (κ1) is 13.3. The van der Waals surface area contributed by atoms with Crippen LogP contribution in [0.15, 0.2) is 28.7 Å². The topological polar surface area (TPSA) is 50.4 Å². The second kappa shape index (κ2) is 5.53. The Bertz CT molecular complexity index is 502. The van der Waals surface area contributed by atoms with Gasteiger partial charge in [0.15, 0.2) is 5.78 Å². The van der Waals surface area contributed by atoms with Gasteiger partial charge in [0.25, 0.3) is 5.95 Å². The number of hydrogen-bond acceptors (Lipinski definition) is 3. The van der Waals surface area contributed by atoms with Gasteiger partial charge < -0.3 is 9.52 Å². The maximum absolute atomic E-state index is 11.7. The van der Waals surface area contributed by atoms with E-state index >= 15 is 0 Å². The maximum atomic E-state index is 11.7. The number of furan rings is 1. The first-order chi connectivity index (χ1) is 7.24. The zero-order chi connectivity index (χ0) is 10.8. The number of fused-ring (bicyclic) bond motifs is 1. The SMILES string of the molecule is CCCC(=O)c1c(O)oc2ccccc12.[Na]. The fourth-order valence-electron chi connectivity index (χ4n) is 1.65. The Morgan fingerprint density at radius 2 is 2.06 bits per heavy atom. The van der Waals surface area contributed by atoms with Crippen LogP contribution in [0, 0.1) is 0 Å². The van der Waals surface area contributed by atoms with Gasteiger partial charge in [-0.2, -0.15) is 0 Å². The fraction of sp³-hybridized carbons (Fsp3) is 0.250. The quantitative estimate of drug-likeness (QED) is 0.647. The molecule has 0 aliphatic heterocycles. The van der Waals surface area contributed by atoms with E-state index < -0.39 is 0 Å². The van der Waals surface area contributed by atoms with Crippen LogP contribution in [0.5, 0.6) is 5.95 Å². The van der Waals surface area contributed by atoms with Crippen molar-refractivity contribution >= 4 is 46.3 Å². The molecule has 0 saturated heterocycles. The molecule has 1 aromatic carbocycles. The van der Waals surface area contributed by atoms with E-state index in [0.29, 0.717) is 23.0 Å². The van der Waals surface area contributed by atoms with Crippen LogP contribution >= 0.6 is 0 Å². The number of para-hydroxylation sites is 1. The van der Waals surface area contributed by atoms with Gasteiger partial charge in [-0.05, 0) is 12.5 Å². The van der Waals surface area contributed by atoms with Crippen LogP contribution in [-0.2, 0) is 0 Å². The normalized spacial score (nSPS) is 10.1. The monoisotopic (exact) mass is 227 g/mol. The Labute approximate surface area is 116 Å². The molecule has 3 nitrogen and oxygen atoms in total. The maximum Gasteiger partial charge on any atom is 0.294 e. The zero-order valence-electron chi connectivity index (χ0n) is 9.49. The summed E-state index contributed by atoms with van der Waals surface area (Å²) in [4.78, 5) is 11.7. The van der Waals surface area contributed by atoms with Crippen molar-refractivity contribution in [1.82, 2.24) is 0 Å². The molecule has 2 rings (SSSR count). The third-order valence-electron chi connectivity index (χ3n) is 2.33. The molecule has 4 heteroatoms. The number of Topliss-reactive ketones (excluding diaryl/α,β-unsaturated/α-hetero) is 1. The summed E-state index contributed by atoms with van der Waals surface area (Å²) in [5, 5.41) is 10.2. The Morgan fingerprint density at radius 1 is 1.38 bits per heavy atom. The minimum absolute atomic E-state index is 0. The average Bonchev–Trinajstić information content (AvgIpc) is 2.54. The number of benzene rings is 1. The van der Waals surface area contributed by atoms with E-state index in [-0.39, 0.29) is 41.3 Å². The molecule has 1 N–H and O–H groups in total. The smallest absolute Gasteiger partial charge is 0.294 e. The van der Waals surface area contributed by atoms with Gasteiger partial charge >= 0.3 is 0 Å². The molecule has 0 amide bonds. The first-order valence-electron chi connectivity index (χ1n) is 4.97. The third-order valence-corrected chi connectivity index (χ3v) is 2.33. The van der Waals surface area contributed by atoms with Crippen molar-refractivity contribution in [2.75, 3.05) is 0 Å². The predicted molar refractivity (Wildman–Crippen MR) is 62.9 cm³/mol. The summed E-state index contributed by atoms with van der Waals surface area (Å²) in [6.07, 6.45) is 1.19. The number of ketones is 1. The summed E-state index contributed by atoms with van der Waals surface area (Å²) < 4.78 is 5.10. The Morgan fingerprint density at radius 3 is 2.75 bits per heavy atom. The van der Waals surface area contributed by atoms with Crippen LogP contribution in [0.1, 0.15) is 30.1 Å². The summed E-state index contributed by atoms with van der Waals surface area (Å²) in [6.45, 7) is 1.93. The minimum Gasteiger partial charge on any atom is -0.480 e. The number of hydrogen-bond donors (Lipinski definition) is 1. The van der Waals surface area contributed by atoms with Crippen LogP contribution in [0.3, 0.4) is 0 Å². The number of rotatable bonds is 3. The summed E-state index contributed by atoms with van der Waals surface area (Å²) in [7, 11) is 0. The van der Waals surface area contributed by atoms with Crippen molar-refractivity contribution in [3.63, 3.8) is 0 Å². The van der Waals surface area contributed by atoms with Gasteiger partial charge in [-0.15, -0.1) is 0 Å². The Balaban J connectivity index is 0.00000128. The Hall–Kier alpha value is -0.770.